The van der Waals surface area contributed by atoms with E-state index >= 15 is 0 Å². The Labute approximate surface area is 126 Å². The number of hydrogen-bond donors (Lipinski definition) is 2. The normalized spacial score (nSPS) is 11.4. The van der Waals surface area contributed by atoms with E-state index in [0.29, 0.717) is 21.4 Å². The molecule has 0 saturated heterocycles. The second kappa shape index (κ2) is 6.50. The highest BCUT2D eigenvalue weighted by molar-refractivity contribution is 6.42. The van der Waals surface area contributed by atoms with Crippen LogP contribution in [0.1, 0.15) is 11.1 Å². The molecule has 3 N–H and O–H groups in total. The average molecular weight is 311 g/mol. The average Bonchev–Trinajstić information content (AvgIpc) is 2.48. The van der Waals surface area contributed by atoms with Crippen molar-refractivity contribution in [1.29, 1.82) is 0 Å². The van der Waals surface area contributed by atoms with E-state index in [0.717, 1.165) is 5.56 Å². The van der Waals surface area contributed by atoms with Gasteiger partial charge in [0.05, 0.1) is 5.02 Å². The quantitative estimate of drug-likeness (QED) is 0.392. The summed E-state index contributed by atoms with van der Waals surface area (Å²) in [7, 11) is 0. The predicted molar refractivity (Wildman–Crippen MR) is 79.7 cm³/mol. The third-order valence-electron chi connectivity index (χ3n) is 2.70. The number of hydrogen-bond acceptors (Lipinski definition) is 3. The third kappa shape index (κ3) is 3.15. The Bertz CT molecular complexity index is 645. The molecule has 0 aliphatic heterocycles. The Morgan fingerprint density at radius 2 is 1.90 bits per heavy atom. The summed E-state index contributed by atoms with van der Waals surface area (Å²) >= 11 is 12.0. The maximum absolute atomic E-state index is 8.76. The first-order chi connectivity index (χ1) is 9.63. The minimum absolute atomic E-state index is 0.0291. The summed E-state index contributed by atoms with van der Waals surface area (Å²) in [5.41, 5.74) is 7.00. The number of nitrogens with two attached hydrogens (primary N) is 1. The van der Waals surface area contributed by atoms with Crippen molar-refractivity contribution in [1.82, 2.24) is 0 Å². The van der Waals surface area contributed by atoms with Crippen LogP contribution in [0.15, 0.2) is 47.6 Å². The first-order valence-corrected chi connectivity index (χ1v) is 6.51. The lowest BCUT2D eigenvalue weighted by atomic mass is 10.1. The van der Waals surface area contributed by atoms with Gasteiger partial charge in [-0.2, -0.15) is 0 Å². The predicted octanol–water partition coefficient (Wildman–Crippen LogP) is 3.67. The fourth-order valence-corrected chi connectivity index (χ4v) is 2.05. The van der Waals surface area contributed by atoms with E-state index in [1.165, 1.54) is 0 Å². The summed E-state index contributed by atoms with van der Waals surface area (Å²) < 4.78 is 5.63. The molecule has 0 saturated carbocycles. The molecule has 20 heavy (non-hydrogen) atoms. The smallest absolute Gasteiger partial charge is 0.170 e. The van der Waals surface area contributed by atoms with Crippen molar-refractivity contribution >= 4 is 29.0 Å². The highest BCUT2D eigenvalue weighted by Crippen LogP contribution is 2.32. The first-order valence-electron chi connectivity index (χ1n) is 5.76. The molecule has 2 aromatic rings. The van der Waals surface area contributed by atoms with E-state index in [1.54, 1.807) is 30.3 Å². The lowest BCUT2D eigenvalue weighted by Crippen LogP contribution is -2.16. The second-order valence-corrected chi connectivity index (χ2v) is 4.77. The van der Waals surface area contributed by atoms with Crippen molar-refractivity contribution in [3.05, 3.63) is 63.6 Å². The number of benzene rings is 2. The van der Waals surface area contributed by atoms with Crippen LogP contribution in [0.25, 0.3) is 0 Å². The maximum Gasteiger partial charge on any atom is 0.170 e. The van der Waals surface area contributed by atoms with Crippen molar-refractivity contribution in [3.63, 3.8) is 0 Å². The van der Waals surface area contributed by atoms with Gasteiger partial charge in [-0.1, -0.05) is 58.7 Å². The van der Waals surface area contributed by atoms with Gasteiger partial charge in [-0.25, -0.2) is 0 Å². The number of nitrogens with zero attached hydrogens (tertiary/aromatic N) is 1. The van der Waals surface area contributed by atoms with E-state index in [-0.39, 0.29) is 12.4 Å². The standard InChI is InChI=1S/C14H12Cl2N2O2/c15-11-6-3-7-12(13(11)16)20-8-9-4-1-2-5-10(9)14(17)18-19/h1-7,19H,8H2,(H2,17,18). The summed E-state index contributed by atoms with van der Waals surface area (Å²) in [6.07, 6.45) is 0. The Hall–Kier alpha value is -1.91. The van der Waals surface area contributed by atoms with Crippen LogP contribution in [0.5, 0.6) is 5.75 Å². The molecule has 0 amide bonds. The van der Waals surface area contributed by atoms with Gasteiger partial charge in [0.25, 0.3) is 0 Å². The van der Waals surface area contributed by atoms with Gasteiger partial charge < -0.3 is 15.7 Å². The SMILES string of the molecule is N/C(=N\O)c1ccccc1COc1cccc(Cl)c1Cl. The van der Waals surface area contributed by atoms with Crippen molar-refractivity contribution in [2.45, 2.75) is 6.61 Å². The highest BCUT2D eigenvalue weighted by Gasteiger charge is 2.09. The number of ether oxygens (including phenoxy) is 1. The van der Waals surface area contributed by atoms with Crippen LogP contribution < -0.4 is 10.5 Å². The van der Waals surface area contributed by atoms with Gasteiger partial charge in [0, 0.05) is 11.1 Å². The zero-order valence-corrected chi connectivity index (χ0v) is 11.9. The summed E-state index contributed by atoms with van der Waals surface area (Å²) in [4.78, 5) is 0. The lowest BCUT2D eigenvalue weighted by molar-refractivity contribution is 0.305. The van der Waals surface area contributed by atoms with Gasteiger partial charge in [0.2, 0.25) is 0 Å². The van der Waals surface area contributed by atoms with Crippen LogP contribution in [0.2, 0.25) is 10.0 Å². The molecule has 2 rings (SSSR count). The third-order valence-corrected chi connectivity index (χ3v) is 3.50. The fourth-order valence-electron chi connectivity index (χ4n) is 1.70. The number of oxime groups is 1. The Morgan fingerprint density at radius 3 is 2.65 bits per heavy atom. The molecule has 0 spiro atoms. The van der Waals surface area contributed by atoms with Gasteiger partial charge in [-0.05, 0) is 12.1 Å². The molecule has 0 unspecified atom stereocenters. The summed E-state index contributed by atoms with van der Waals surface area (Å²) in [6, 6.07) is 12.4. The zero-order valence-electron chi connectivity index (χ0n) is 10.4. The van der Waals surface area contributed by atoms with E-state index in [9.17, 15) is 0 Å². The Kier molecular flexibility index (Phi) is 4.71. The lowest BCUT2D eigenvalue weighted by Gasteiger charge is -2.11. The van der Waals surface area contributed by atoms with Crippen LogP contribution in [0, 0.1) is 0 Å². The Morgan fingerprint density at radius 1 is 1.15 bits per heavy atom. The summed E-state index contributed by atoms with van der Waals surface area (Å²) in [5.74, 6) is 0.509. The minimum atomic E-state index is 0.0291. The number of rotatable bonds is 4. The van der Waals surface area contributed by atoms with Gasteiger partial charge in [-0.3, -0.25) is 0 Å². The summed E-state index contributed by atoms with van der Waals surface area (Å²) in [5, 5.41) is 12.5. The fraction of sp³-hybridized carbons (Fsp3) is 0.0714. The number of amidine groups is 1. The van der Waals surface area contributed by atoms with Crippen LogP contribution in [-0.2, 0) is 6.61 Å². The first kappa shape index (κ1) is 14.5. The van der Waals surface area contributed by atoms with Gasteiger partial charge >= 0.3 is 0 Å². The van der Waals surface area contributed by atoms with E-state index in [1.807, 2.05) is 12.1 Å². The summed E-state index contributed by atoms with van der Waals surface area (Å²) in [6.45, 7) is 0.229. The van der Waals surface area contributed by atoms with Crippen molar-refractivity contribution in [2.75, 3.05) is 0 Å². The van der Waals surface area contributed by atoms with Gasteiger partial charge in [0.15, 0.2) is 5.84 Å². The molecule has 0 aromatic heterocycles. The monoisotopic (exact) mass is 310 g/mol. The van der Waals surface area contributed by atoms with Crippen LogP contribution in [0.3, 0.4) is 0 Å². The van der Waals surface area contributed by atoms with Crippen LogP contribution in [0.4, 0.5) is 0 Å². The van der Waals surface area contributed by atoms with Gasteiger partial charge in [0.1, 0.15) is 17.4 Å². The zero-order chi connectivity index (χ0) is 14.5. The molecule has 0 aliphatic rings. The molecule has 2 aromatic carbocycles. The number of halogens is 2. The van der Waals surface area contributed by atoms with Gasteiger partial charge in [-0.15, -0.1) is 0 Å². The van der Waals surface area contributed by atoms with Crippen molar-refractivity contribution in [3.8, 4) is 5.75 Å². The Balaban J connectivity index is 2.21. The van der Waals surface area contributed by atoms with E-state index in [4.69, 9.17) is 38.9 Å². The van der Waals surface area contributed by atoms with E-state index < -0.39 is 0 Å². The van der Waals surface area contributed by atoms with Crippen molar-refractivity contribution in [2.24, 2.45) is 10.9 Å². The molecule has 104 valence electrons. The second-order valence-electron chi connectivity index (χ2n) is 3.98. The molecule has 4 nitrogen and oxygen atoms in total. The molecule has 6 heteroatoms. The molecular formula is C14H12Cl2N2O2. The molecule has 0 atom stereocenters. The topological polar surface area (TPSA) is 67.8 Å². The van der Waals surface area contributed by atoms with Crippen LogP contribution >= 0.6 is 23.2 Å². The van der Waals surface area contributed by atoms with Crippen molar-refractivity contribution < 1.29 is 9.94 Å². The molecule has 0 aliphatic carbocycles. The largest absolute Gasteiger partial charge is 0.487 e. The highest BCUT2D eigenvalue weighted by atomic mass is 35.5. The maximum atomic E-state index is 8.76. The molecule has 0 radical (unpaired) electrons. The minimum Gasteiger partial charge on any atom is -0.487 e. The molecular weight excluding hydrogens is 299 g/mol. The molecule has 0 heterocycles. The molecule has 0 fully saturated rings. The van der Waals surface area contributed by atoms with E-state index in [2.05, 4.69) is 5.16 Å². The van der Waals surface area contributed by atoms with Crippen LogP contribution in [-0.4, -0.2) is 11.0 Å². The molecule has 0 bridgehead atoms.